The lowest BCUT2D eigenvalue weighted by molar-refractivity contribution is 0.0543. The smallest absolute Gasteiger partial charge is 0.208 e. The van der Waals surface area contributed by atoms with E-state index in [1.54, 1.807) is 6.20 Å². The highest BCUT2D eigenvalue weighted by molar-refractivity contribution is 6.30. The van der Waals surface area contributed by atoms with Crippen molar-refractivity contribution in [1.29, 1.82) is 0 Å². The fourth-order valence-electron chi connectivity index (χ4n) is 3.02. The lowest BCUT2D eigenvalue weighted by Crippen LogP contribution is -2.35. The second-order valence-corrected chi connectivity index (χ2v) is 6.41. The lowest BCUT2D eigenvalue weighted by atomic mass is 9.87. The van der Waals surface area contributed by atoms with Crippen molar-refractivity contribution in [2.75, 3.05) is 13.1 Å². The van der Waals surface area contributed by atoms with E-state index in [0.29, 0.717) is 10.9 Å². The molecule has 1 aliphatic rings. The predicted molar refractivity (Wildman–Crippen MR) is 85.7 cm³/mol. The van der Waals surface area contributed by atoms with Crippen LogP contribution in [0.3, 0.4) is 0 Å². The monoisotopic (exact) mass is 320 g/mol. The maximum atomic E-state index is 10.5. The molecule has 0 spiro atoms. The first-order valence-corrected chi connectivity index (χ1v) is 8.07. The number of aryl methyl sites for hydroxylation is 1. The SMILES string of the molecule is Cc1cnc(CN2CCC(C(O)c3ccc(Cl)cc3)CC2)o1. The van der Waals surface area contributed by atoms with Crippen molar-refractivity contribution in [2.24, 2.45) is 5.92 Å². The van der Waals surface area contributed by atoms with Crippen molar-refractivity contribution in [2.45, 2.75) is 32.4 Å². The Bertz CT molecular complexity index is 603. The van der Waals surface area contributed by atoms with Crippen molar-refractivity contribution < 1.29 is 9.52 Å². The molecule has 1 saturated heterocycles. The standard InChI is InChI=1S/C17H21ClN2O2/c1-12-10-19-16(22-12)11-20-8-6-14(7-9-20)17(21)13-2-4-15(18)5-3-13/h2-5,10,14,17,21H,6-9,11H2,1H3. The molecule has 0 radical (unpaired) electrons. The summed E-state index contributed by atoms with van der Waals surface area (Å²) in [5.74, 6) is 1.92. The fraction of sp³-hybridized carbons (Fsp3) is 0.471. The number of aliphatic hydroxyl groups is 1. The molecule has 4 nitrogen and oxygen atoms in total. The van der Waals surface area contributed by atoms with E-state index in [-0.39, 0.29) is 0 Å². The van der Waals surface area contributed by atoms with Gasteiger partial charge in [0.2, 0.25) is 5.89 Å². The van der Waals surface area contributed by atoms with E-state index in [1.807, 2.05) is 31.2 Å². The van der Waals surface area contributed by atoms with Gasteiger partial charge in [0.05, 0.1) is 18.8 Å². The minimum atomic E-state index is -0.414. The molecule has 5 heteroatoms. The van der Waals surface area contributed by atoms with E-state index >= 15 is 0 Å². The summed E-state index contributed by atoms with van der Waals surface area (Å²) < 4.78 is 5.53. The number of hydrogen-bond acceptors (Lipinski definition) is 4. The molecule has 0 bridgehead atoms. The number of benzene rings is 1. The largest absolute Gasteiger partial charge is 0.445 e. The van der Waals surface area contributed by atoms with Gasteiger partial charge in [0.1, 0.15) is 5.76 Å². The highest BCUT2D eigenvalue weighted by Crippen LogP contribution is 2.31. The molecule has 1 atom stereocenters. The van der Waals surface area contributed by atoms with E-state index in [1.165, 1.54) is 0 Å². The Labute approximate surface area is 135 Å². The summed E-state index contributed by atoms with van der Waals surface area (Å²) in [6.45, 7) is 4.57. The number of rotatable bonds is 4. The molecular weight excluding hydrogens is 300 g/mol. The number of aromatic nitrogens is 1. The molecule has 2 heterocycles. The van der Waals surface area contributed by atoms with Crippen molar-refractivity contribution in [3.05, 3.63) is 52.7 Å². The predicted octanol–water partition coefficient (Wildman–Crippen LogP) is 3.58. The lowest BCUT2D eigenvalue weighted by Gasteiger charge is -2.33. The summed E-state index contributed by atoms with van der Waals surface area (Å²) in [4.78, 5) is 6.58. The summed E-state index contributed by atoms with van der Waals surface area (Å²) in [7, 11) is 0. The summed E-state index contributed by atoms with van der Waals surface area (Å²) in [5, 5.41) is 11.2. The molecule has 0 amide bonds. The van der Waals surface area contributed by atoms with Crippen LogP contribution < -0.4 is 0 Å². The molecule has 1 aromatic carbocycles. The zero-order valence-electron chi connectivity index (χ0n) is 12.7. The Hall–Kier alpha value is -1.36. The zero-order chi connectivity index (χ0) is 15.5. The third-order valence-corrected chi connectivity index (χ3v) is 4.57. The van der Waals surface area contributed by atoms with Crippen LogP contribution in [0.1, 0.15) is 36.2 Å². The van der Waals surface area contributed by atoms with E-state index in [4.69, 9.17) is 16.0 Å². The summed E-state index contributed by atoms with van der Waals surface area (Å²) in [6.07, 6.45) is 3.29. The van der Waals surface area contributed by atoms with E-state index in [9.17, 15) is 5.11 Å². The number of likely N-dealkylation sites (tertiary alicyclic amines) is 1. The summed E-state index contributed by atoms with van der Waals surface area (Å²) >= 11 is 5.90. The van der Waals surface area contributed by atoms with Gasteiger partial charge >= 0.3 is 0 Å². The number of piperidine rings is 1. The zero-order valence-corrected chi connectivity index (χ0v) is 13.5. The molecular formula is C17H21ClN2O2. The summed E-state index contributed by atoms with van der Waals surface area (Å²) in [5.41, 5.74) is 0.950. The second-order valence-electron chi connectivity index (χ2n) is 5.97. The van der Waals surface area contributed by atoms with Crippen LogP contribution in [0.25, 0.3) is 0 Å². The topological polar surface area (TPSA) is 49.5 Å². The van der Waals surface area contributed by atoms with Crippen molar-refractivity contribution in [3.8, 4) is 0 Å². The number of halogens is 1. The summed E-state index contributed by atoms with van der Waals surface area (Å²) in [6, 6.07) is 7.49. The van der Waals surface area contributed by atoms with Gasteiger partial charge < -0.3 is 9.52 Å². The van der Waals surface area contributed by atoms with Crippen LogP contribution in [-0.4, -0.2) is 28.1 Å². The highest BCUT2D eigenvalue weighted by Gasteiger charge is 2.26. The van der Waals surface area contributed by atoms with Gasteiger partial charge in [0, 0.05) is 5.02 Å². The molecule has 1 fully saturated rings. The van der Waals surface area contributed by atoms with Gasteiger partial charge in [-0.15, -0.1) is 0 Å². The Kier molecular flexibility index (Phi) is 4.81. The first kappa shape index (κ1) is 15.5. The van der Waals surface area contributed by atoms with Gasteiger partial charge in [-0.3, -0.25) is 4.90 Å². The van der Waals surface area contributed by atoms with Gasteiger partial charge in [-0.25, -0.2) is 4.98 Å². The van der Waals surface area contributed by atoms with Crippen molar-refractivity contribution in [3.63, 3.8) is 0 Å². The highest BCUT2D eigenvalue weighted by atomic mass is 35.5. The Morgan fingerprint density at radius 2 is 2.00 bits per heavy atom. The molecule has 1 aliphatic heterocycles. The van der Waals surface area contributed by atoms with Crippen LogP contribution in [0.4, 0.5) is 0 Å². The average molecular weight is 321 g/mol. The van der Waals surface area contributed by atoms with Crippen LogP contribution in [0, 0.1) is 12.8 Å². The van der Waals surface area contributed by atoms with Gasteiger partial charge in [0.15, 0.2) is 0 Å². The van der Waals surface area contributed by atoms with Crippen LogP contribution >= 0.6 is 11.6 Å². The number of nitrogens with zero attached hydrogens (tertiary/aromatic N) is 2. The molecule has 3 rings (SSSR count). The quantitative estimate of drug-likeness (QED) is 0.935. The average Bonchev–Trinajstić information content (AvgIpc) is 2.93. The first-order chi connectivity index (χ1) is 10.6. The molecule has 1 unspecified atom stereocenters. The Balaban J connectivity index is 1.53. The Morgan fingerprint density at radius 3 is 2.59 bits per heavy atom. The van der Waals surface area contributed by atoms with Gasteiger partial charge in [-0.05, 0) is 56.5 Å². The van der Waals surface area contributed by atoms with Crippen LogP contribution in [0.15, 0.2) is 34.9 Å². The fourth-order valence-corrected chi connectivity index (χ4v) is 3.15. The Morgan fingerprint density at radius 1 is 1.32 bits per heavy atom. The van der Waals surface area contributed by atoms with Gasteiger partial charge in [0.25, 0.3) is 0 Å². The normalized spacial score (nSPS) is 18.5. The van der Waals surface area contributed by atoms with Crippen molar-refractivity contribution >= 4 is 11.6 Å². The molecule has 1 aromatic heterocycles. The van der Waals surface area contributed by atoms with Crippen molar-refractivity contribution in [1.82, 2.24) is 9.88 Å². The minimum absolute atomic E-state index is 0.295. The first-order valence-electron chi connectivity index (χ1n) is 7.69. The molecule has 22 heavy (non-hydrogen) atoms. The minimum Gasteiger partial charge on any atom is -0.445 e. The maximum Gasteiger partial charge on any atom is 0.208 e. The maximum absolute atomic E-state index is 10.5. The van der Waals surface area contributed by atoms with E-state index < -0.39 is 6.10 Å². The van der Waals surface area contributed by atoms with Gasteiger partial charge in [-0.1, -0.05) is 23.7 Å². The number of hydrogen-bond donors (Lipinski definition) is 1. The second kappa shape index (κ2) is 6.82. The molecule has 2 aromatic rings. The molecule has 0 aliphatic carbocycles. The molecule has 0 saturated carbocycles. The van der Waals surface area contributed by atoms with E-state index in [2.05, 4.69) is 9.88 Å². The third-order valence-electron chi connectivity index (χ3n) is 4.32. The number of aliphatic hydroxyl groups excluding tert-OH is 1. The van der Waals surface area contributed by atoms with Crippen LogP contribution in [0.5, 0.6) is 0 Å². The molecule has 1 N–H and O–H groups in total. The third kappa shape index (κ3) is 3.69. The number of oxazole rings is 1. The molecule has 118 valence electrons. The van der Waals surface area contributed by atoms with Crippen LogP contribution in [0.2, 0.25) is 5.02 Å². The van der Waals surface area contributed by atoms with E-state index in [0.717, 1.165) is 49.7 Å². The van der Waals surface area contributed by atoms with Gasteiger partial charge in [-0.2, -0.15) is 0 Å². The van der Waals surface area contributed by atoms with Crippen LogP contribution in [-0.2, 0) is 6.54 Å².